The SMILES string of the molecule is Cc1noc(C)c1S(=O)(=O)N(C)CC(=O)Nc1ccccc1C(=O)NC(C)c1ccccc1. The van der Waals surface area contributed by atoms with E-state index in [1.807, 2.05) is 37.3 Å². The summed E-state index contributed by atoms with van der Waals surface area (Å²) in [5.41, 5.74) is 1.71. The van der Waals surface area contributed by atoms with Crippen molar-refractivity contribution in [1.29, 1.82) is 0 Å². The van der Waals surface area contributed by atoms with Gasteiger partial charge in [0, 0.05) is 7.05 Å². The molecule has 2 amide bonds. The number of nitrogens with zero attached hydrogens (tertiary/aromatic N) is 2. The van der Waals surface area contributed by atoms with Gasteiger partial charge < -0.3 is 15.2 Å². The first-order valence-electron chi connectivity index (χ1n) is 10.2. The monoisotopic (exact) mass is 470 g/mol. The number of benzene rings is 2. The Balaban J connectivity index is 1.71. The lowest BCUT2D eigenvalue weighted by molar-refractivity contribution is -0.116. The van der Waals surface area contributed by atoms with Crippen LogP contribution in [0.1, 0.15) is 40.3 Å². The number of carbonyl (C=O) groups excluding carboxylic acids is 2. The van der Waals surface area contributed by atoms with Crippen LogP contribution in [0.15, 0.2) is 64.0 Å². The van der Waals surface area contributed by atoms with Gasteiger partial charge in [0.2, 0.25) is 15.9 Å². The van der Waals surface area contributed by atoms with Crippen LogP contribution in [0.5, 0.6) is 0 Å². The summed E-state index contributed by atoms with van der Waals surface area (Å²) in [7, 11) is -2.69. The zero-order chi connectivity index (χ0) is 24.2. The Hall–Kier alpha value is -3.50. The van der Waals surface area contributed by atoms with E-state index in [1.54, 1.807) is 24.3 Å². The maximum Gasteiger partial charge on any atom is 0.253 e. The molecule has 2 aromatic carbocycles. The van der Waals surface area contributed by atoms with Crippen molar-refractivity contribution in [3.8, 4) is 0 Å². The molecular formula is C23H26N4O5S. The molecule has 174 valence electrons. The van der Waals surface area contributed by atoms with Gasteiger partial charge in [-0.2, -0.15) is 4.31 Å². The second-order valence-electron chi connectivity index (χ2n) is 7.61. The molecule has 0 aliphatic rings. The molecule has 0 saturated carbocycles. The minimum atomic E-state index is -3.98. The molecule has 0 aliphatic carbocycles. The summed E-state index contributed by atoms with van der Waals surface area (Å²) in [5, 5.41) is 9.21. The summed E-state index contributed by atoms with van der Waals surface area (Å²) in [4.78, 5) is 25.4. The third kappa shape index (κ3) is 5.47. The maximum absolute atomic E-state index is 12.9. The van der Waals surface area contributed by atoms with E-state index in [0.717, 1.165) is 9.87 Å². The van der Waals surface area contributed by atoms with Crippen LogP contribution in [-0.2, 0) is 14.8 Å². The third-order valence-corrected chi connectivity index (χ3v) is 7.14. The van der Waals surface area contributed by atoms with Crippen LogP contribution in [0.4, 0.5) is 5.69 Å². The summed E-state index contributed by atoms with van der Waals surface area (Å²) in [5.74, 6) is -0.808. The first-order valence-corrected chi connectivity index (χ1v) is 11.7. The number of para-hydroxylation sites is 1. The van der Waals surface area contributed by atoms with Crippen molar-refractivity contribution in [3.05, 3.63) is 77.2 Å². The van der Waals surface area contributed by atoms with Crippen molar-refractivity contribution in [1.82, 2.24) is 14.8 Å². The van der Waals surface area contributed by atoms with Crippen LogP contribution in [-0.4, -0.2) is 43.3 Å². The highest BCUT2D eigenvalue weighted by atomic mass is 32.2. The number of hydrogen-bond donors (Lipinski definition) is 2. The average Bonchev–Trinajstić information content (AvgIpc) is 3.13. The number of anilines is 1. The van der Waals surface area contributed by atoms with E-state index in [0.29, 0.717) is 0 Å². The van der Waals surface area contributed by atoms with E-state index in [4.69, 9.17) is 4.52 Å². The van der Waals surface area contributed by atoms with Gasteiger partial charge in [-0.25, -0.2) is 8.42 Å². The quantitative estimate of drug-likeness (QED) is 0.522. The van der Waals surface area contributed by atoms with Crippen LogP contribution in [0.2, 0.25) is 0 Å². The molecule has 33 heavy (non-hydrogen) atoms. The second kappa shape index (κ2) is 9.97. The van der Waals surface area contributed by atoms with Gasteiger partial charge in [-0.1, -0.05) is 47.6 Å². The molecule has 1 unspecified atom stereocenters. The highest BCUT2D eigenvalue weighted by Gasteiger charge is 2.30. The van der Waals surface area contributed by atoms with Crippen LogP contribution in [0.25, 0.3) is 0 Å². The number of amides is 2. The smallest absolute Gasteiger partial charge is 0.253 e. The number of sulfonamides is 1. The molecule has 9 nitrogen and oxygen atoms in total. The Kier molecular flexibility index (Phi) is 7.29. The molecule has 1 atom stereocenters. The van der Waals surface area contributed by atoms with Crippen LogP contribution >= 0.6 is 0 Å². The van der Waals surface area contributed by atoms with E-state index >= 15 is 0 Å². The molecule has 0 bridgehead atoms. The highest BCUT2D eigenvalue weighted by Crippen LogP contribution is 2.23. The maximum atomic E-state index is 12.9. The summed E-state index contributed by atoms with van der Waals surface area (Å²) < 4.78 is 31.5. The normalized spacial score (nSPS) is 12.4. The molecular weight excluding hydrogens is 444 g/mol. The Morgan fingerprint density at radius 3 is 2.33 bits per heavy atom. The predicted octanol–water partition coefficient (Wildman–Crippen LogP) is 3.04. The van der Waals surface area contributed by atoms with Crippen molar-refractivity contribution in [3.63, 3.8) is 0 Å². The number of likely N-dealkylation sites (N-methyl/N-ethyl adjacent to an activating group) is 1. The van der Waals surface area contributed by atoms with Crippen molar-refractivity contribution >= 4 is 27.5 Å². The van der Waals surface area contributed by atoms with Crippen molar-refractivity contribution in [2.75, 3.05) is 18.9 Å². The predicted molar refractivity (Wildman–Crippen MR) is 123 cm³/mol. The molecule has 0 saturated heterocycles. The van der Waals surface area contributed by atoms with Crippen LogP contribution < -0.4 is 10.6 Å². The summed E-state index contributed by atoms with van der Waals surface area (Å²) in [6, 6.07) is 15.8. The van der Waals surface area contributed by atoms with Crippen LogP contribution in [0, 0.1) is 13.8 Å². The van der Waals surface area contributed by atoms with E-state index in [-0.39, 0.29) is 39.5 Å². The fourth-order valence-electron chi connectivity index (χ4n) is 3.37. The van der Waals surface area contributed by atoms with Gasteiger partial charge in [0.15, 0.2) is 5.76 Å². The summed E-state index contributed by atoms with van der Waals surface area (Å²) in [6.45, 7) is 4.42. The zero-order valence-electron chi connectivity index (χ0n) is 18.8. The molecule has 0 aliphatic heterocycles. The van der Waals surface area contributed by atoms with Gasteiger partial charge in [0.25, 0.3) is 5.91 Å². The minimum absolute atomic E-state index is 0.0625. The lowest BCUT2D eigenvalue weighted by Gasteiger charge is -2.18. The summed E-state index contributed by atoms with van der Waals surface area (Å²) in [6.07, 6.45) is 0. The molecule has 2 N–H and O–H groups in total. The molecule has 1 aromatic heterocycles. The largest absolute Gasteiger partial charge is 0.360 e. The Morgan fingerprint density at radius 2 is 1.70 bits per heavy atom. The van der Waals surface area contributed by atoms with Gasteiger partial charge in [-0.3, -0.25) is 9.59 Å². The molecule has 3 rings (SSSR count). The fraction of sp³-hybridized carbons (Fsp3) is 0.261. The standard InChI is InChI=1S/C23H26N4O5S/c1-15(18-10-6-5-7-11-18)24-23(29)19-12-8-9-13-20(19)25-21(28)14-27(4)33(30,31)22-16(2)26-32-17(22)3/h5-13,15H,14H2,1-4H3,(H,24,29)(H,25,28). The molecule has 3 aromatic rings. The van der Waals surface area contributed by atoms with Gasteiger partial charge in [0.05, 0.1) is 23.8 Å². The van der Waals surface area contributed by atoms with Crippen molar-refractivity contribution in [2.24, 2.45) is 0 Å². The van der Waals surface area contributed by atoms with Crippen molar-refractivity contribution < 1.29 is 22.5 Å². The van der Waals surface area contributed by atoms with E-state index < -0.39 is 22.5 Å². The lowest BCUT2D eigenvalue weighted by atomic mass is 10.1. The molecule has 0 radical (unpaired) electrons. The Morgan fingerprint density at radius 1 is 1.06 bits per heavy atom. The number of aromatic nitrogens is 1. The topological polar surface area (TPSA) is 122 Å². The Bertz CT molecular complexity index is 1240. The first-order chi connectivity index (χ1) is 15.6. The summed E-state index contributed by atoms with van der Waals surface area (Å²) >= 11 is 0. The molecule has 0 fully saturated rings. The number of hydrogen-bond acceptors (Lipinski definition) is 6. The van der Waals surface area contributed by atoms with E-state index in [9.17, 15) is 18.0 Å². The highest BCUT2D eigenvalue weighted by molar-refractivity contribution is 7.89. The van der Waals surface area contributed by atoms with E-state index in [1.165, 1.54) is 20.9 Å². The lowest BCUT2D eigenvalue weighted by Crippen LogP contribution is -2.36. The minimum Gasteiger partial charge on any atom is -0.360 e. The fourth-order valence-corrected chi connectivity index (χ4v) is 4.78. The average molecular weight is 471 g/mol. The second-order valence-corrected chi connectivity index (χ2v) is 9.60. The van der Waals surface area contributed by atoms with Gasteiger partial charge in [0.1, 0.15) is 10.6 Å². The van der Waals surface area contributed by atoms with Crippen LogP contribution in [0.3, 0.4) is 0 Å². The molecule has 10 heteroatoms. The molecule has 1 heterocycles. The van der Waals surface area contributed by atoms with Crippen molar-refractivity contribution in [2.45, 2.75) is 31.7 Å². The Labute approximate surface area is 192 Å². The first kappa shape index (κ1) is 24.1. The van der Waals surface area contributed by atoms with E-state index in [2.05, 4.69) is 15.8 Å². The number of carbonyl (C=O) groups is 2. The third-order valence-electron chi connectivity index (χ3n) is 5.10. The number of rotatable bonds is 8. The number of aryl methyl sites for hydroxylation is 2. The van der Waals surface area contributed by atoms with Gasteiger partial charge in [-0.05, 0) is 38.5 Å². The van der Waals surface area contributed by atoms with Gasteiger partial charge >= 0.3 is 0 Å². The zero-order valence-corrected chi connectivity index (χ0v) is 19.6. The molecule has 0 spiro atoms. The van der Waals surface area contributed by atoms with Gasteiger partial charge in [-0.15, -0.1) is 0 Å². The number of nitrogens with one attached hydrogen (secondary N) is 2.